The zero-order chi connectivity index (χ0) is 14.3. The Labute approximate surface area is 120 Å². The number of hydrogen-bond donors (Lipinski definition) is 2. The highest BCUT2D eigenvalue weighted by atomic mass is 35.5. The number of nitrogens with zero attached hydrogens (tertiary/aromatic N) is 1. The Morgan fingerprint density at radius 1 is 1.30 bits per heavy atom. The van der Waals surface area contributed by atoms with E-state index in [-0.39, 0.29) is 11.8 Å². The Bertz CT molecular complexity index is 617. The van der Waals surface area contributed by atoms with Crippen molar-refractivity contribution < 1.29 is 14.4 Å². The van der Waals surface area contributed by atoms with Gasteiger partial charge in [-0.2, -0.15) is 0 Å². The third-order valence-electron chi connectivity index (χ3n) is 3.50. The number of nitrogens with one attached hydrogen (secondary N) is 2. The second-order valence-electron chi connectivity index (χ2n) is 4.83. The van der Waals surface area contributed by atoms with Gasteiger partial charge in [0.25, 0.3) is 11.8 Å². The van der Waals surface area contributed by atoms with Crippen LogP contribution in [0.3, 0.4) is 0 Å². The standard InChI is InChI=1S/C13H12ClN3O3/c14-8-2-1-7-6-17(12(19)9(7)5-8)4-3-10-11(18)16-13(20)15-10/h1-2,5,10H,3-4,6H2,(H2,15,16,18,20). The largest absolute Gasteiger partial charge is 0.334 e. The van der Waals surface area contributed by atoms with Crippen LogP contribution in [0.25, 0.3) is 0 Å². The molecule has 6 nitrogen and oxygen atoms in total. The van der Waals surface area contributed by atoms with Crippen molar-refractivity contribution in [3.63, 3.8) is 0 Å². The lowest BCUT2D eigenvalue weighted by Gasteiger charge is -2.17. The number of carbonyl (C=O) groups excluding carboxylic acids is 3. The highest BCUT2D eigenvalue weighted by molar-refractivity contribution is 6.31. The number of urea groups is 1. The van der Waals surface area contributed by atoms with Crippen molar-refractivity contribution in [1.29, 1.82) is 0 Å². The molecule has 1 fully saturated rings. The minimum atomic E-state index is -0.567. The molecule has 0 saturated carbocycles. The normalized spacial score (nSPS) is 20.9. The van der Waals surface area contributed by atoms with Crippen molar-refractivity contribution in [2.24, 2.45) is 0 Å². The highest BCUT2D eigenvalue weighted by Gasteiger charge is 2.32. The highest BCUT2D eigenvalue weighted by Crippen LogP contribution is 2.25. The van der Waals surface area contributed by atoms with Gasteiger partial charge in [-0.15, -0.1) is 0 Å². The molecule has 1 saturated heterocycles. The van der Waals surface area contributed by atoms with Crippen LogP contribution in [0.4, 0.5) is 4.79 Å². The molecule has 2 heterocycles. The minimum absolute atomic E-state index is 0.0905. The predicted octanol–water partition coefficient (Wildman–Crippen LogP) is 0.894. The molecule has 104 valence electrons. The summed E-state index contributed by atoms with van der Waals surface area (Å²) in [6.45, 7) is 0.914. The van der Waals surface area contributed by atoms with Gasteiger partial charge in [-0.3, -0.25) is 14.9 Å². The lowest BCUT2D eigenvalue weighted by Crippen LogP contribution is -2.35. The van der Waals surface area contributed by atoms with E-state index in [9.17, 15) is 14.4 Å². The molecule has 0 aliphatic carbocycles. The van der Waals surface area contributed by atoms with Crippen molar-refractivity contribution >= 4 is 29.4 Å². The van der Waals surface area contributed by atoms with Crippen LogP contribution >= 0.6 is 11.6 Å². The Hall–Kier alpha value is -2.08. The van der Waals surface area contributed by atoms with Crippen LogP contribution in [0.15, 0.2) is 18.2 Å². The molecule has 3 rings (SSSR count). The molecular weight excluding hydrogens is 282 g/mol. The monoisotopic (exact) mass is 293 g/mol. The number of benzene rings is 1. The second-order valence-corrected chi connectivity index (χ2v) is 5.27. The van der Waals surface area contributed by atoms with E-state index in [1.807, 2.05) is 6.07 Å². The third kappa shape index (κ3) is 2.22. The first kappa shape index (κ1) is 12.9. The predicted molar refractivity (Wildman–Crippen MR) is 71.3 cm³/mol. The summed E-state index contributed by atoms with van der Waals surface area (Å²) in [5.41, 5.74) is 1.54. The first-order valence-electron chi connectivity index (χ1n) is 6.23. The number of hydrogen-bond acceptors (Lipinski definition) is 3. The van der Waals surface area contributed by atoms with Crippen molar-refractivity contribution in [2.75, 3.05) is 6.54 Å². The van der Waals surface area contributed by atoms with Crippen LogP contribution in [0.1, 0.15) is 22.3 Å². The molecule has 1 unspecified atom stereocenters. The summed E-state index contributed by atoms with van der Waals surface area (Å²) in [5, 5.41) is 5.21. The lowest BCUT2D eigenvalue weighted by atomic mass is 10.1. The minimum Gasteiger partial charge on any atom is -0.334 e. The van der Waals surface area contributed by atoms with Crippen LogP contribution in [-0.4, -0.2) is 35.3 Å². The van der Waals surface area contributed by atoms with Crippen molar-refractivity contribution in [1.82, 2.24) is 15.5 Å². The van der Waals surface area contributed by atoms with Crippen LogP contribution < -0.4 is 10.6 Å². The number of fused-ring (bicyclic) bond motifs is 1. The van der Waals surface area contributed by atoms with E-state index in [1.165, 1.54) is 0 Å². The fourth-order valence-electron chi connectivity index (χ4n) is 2.46. The van der Waals surface area contributed by atoms with Gasteiger partial charge in [-0.1, -0.05) is 17.7 Å². The molecule has 2 N–H and O–H groups in total. The van der Waals surface area contributed by atoms with Gasteiger partial charge in [0.15, 0.2) is 0 Å². The molecule has 2 aliphatic rings. The van der Waals surface area contributed by atoms with Gasteiger partial charge in [-0.25, -0.2) is 4.79 Å². The van der Waals surface area contributed by atoms with Gasteiger partial charge in [0.05, 0.1) is 0 Å². The van der Waals surface area contributed by atoms with Gasteiger partial charge in [0.2, 0.25) is 0 Å². The van der Waals surface area contributed by atoms with E-state index in [0.717, 1.165) is 5.56 Å². The molecule has 20 heavy (non-hydrogen) atoms. The Morgan fingerprint density at radius 2 is 2.10 bits per heavy atom. The molecule has 0 radical (unpaired) electrons. The number of amides is 4. The maximum atomic E-state index is 12.2. The third-order valence-corrected chi connectivity index (χ3v) is 3.73. The first-order chi connectivity index (χ1) is 9.54. The van der Waals surface area contributed by atoms with Crippen LogP contribution in [0, 0.1) is 0 Å². The Balaban J connectivity index is 1.65. The second kappa shape index (κ2) is 4.79. The van der Waals surface area contributed by atoms with Crippen molar-refractivity contribution in [3.05, 3.63) is 34.3 Å². The van der Waals surface area contributed by atoms with E-state index in [4.69, 9.17) is 11.6 Å². The smallest absolute Gasteiger partial charge is 0.322 e. The summed E-state index contributed by atoms with van der Waals surface area (Å²) in [4.78, 5) is 36.3. The van der Waals surface area contributed by atoms with Gasteiger partial charge in [0.1, 0.15) is 6.04 Å². The van der Waals surface area contributed by atoms with Gasteiger partial charge >= 0.3 is 6.03 Å². The molecule has 2 aliphatic heterocycles. The molecule has 1 atom stereocenters. The average molecular weight is 294 g/mol. The lowest BCUT2D eigenvalue weighted by molar-refractivity contribution is -0.120. The summed E-state index contributed by atoms with van der Waals surface area (Å²) in [6, 6.07) is 4.19. The summed E-state index contributed by atoms with van der Waals surface area (Å²) in [5.74, 6) is -0.436. The number of imide groups is 1. The Kier molecular flexibility index (Phi) is 3.10. The molecule has 1 aromatic rings. The SMILES string of the molecule is O=C1NC(=O)C(CCN2Cc3ccc(Cl)cc3C2=O)N1. The molecule has 1 aromatic carbocycles. The molecule has 0 aromatic heterocycles. The molecule has 0 spiro atoms. The van der Waals surface area contributed by atoms with Crippen LogP contribution in [-0.2, 0) is 11.3 Å². The fraction of sp³-hybridized carbons (Fsp3) is 0.308. The van der Waals surface area contributed by atoms with E-state index in [1.54, 1.807) is 17.0 Å². The number of carbonyl (C=O) groups is 3. The zero-order valence-corrected chi connectivity index (χ0v) is 11.2. The summed E-state index contributed by atoms with van der Waals surface area (Å²) >= 11 is 5.88. The topological polar surface area (TPSA) is 78.5 Å². The van der Waals surface area contributed by atoms with Gasteiger partial charge in [0, 0.05) is 23.7 Å². The maximum absolute atomic E-state index is 12.2. The zero-order valence-electron chi connectivity index (χ0n) is 10.5. The molecular formula is C13H12ClN3O3. The van der Waals surface area contributed by atoms with E-state index in [0.29, 0.717) is 30.1 Å². The van der Waals surface area contributed by atoms with E-state index >= 15 is 0 Å². The van der Waals surface area contributed by atoms with Gasteiger partial charge < -0.3 is 10.2 Å². The van der Waals surface area contributed by atoms with Crippen molar-refractivity contribution in [2.45, 2.75) is 19.0 Å². The molecule has 7 heteroatoms. The number of halogens is 1. The van der Waals surface area contributed by atoms with E-state index < -0.39 is 12.1 Å². The van der Waals surface area contributed by atoms with E-state index in [2.05, 4.69) is 10.6 Å². The molecule has 4 amide bonds. The van der Waals surface area contributed by atoms with Crippen LogP contribution in [0.2, 0.25) is 5.02 Å². The van der Waals surface area contributed by atoms with Crippen LogP contribution in [0.5, 0.6) is 0 Å². The summed E-state index contributed by atoms with van der Waals surface area (Å²) in [7, 11) is 0. The summed E-state index contributed by atoms with van der Waals surface area (Å²) < 4.78 is 0. The number of rotatable bonds is 3. The van der Waals surface area contributed by atoms with Gasteiger partial charge in [-0.05, 0) is 24.1 Å². The van der Waals surface area contributed by atoms with Crippen molar-refractivity contribution in [3.8, 4) is 0 Å². The maximum Gasteiger partial charge on any atom is 0.322 e. The summed E-state index contributed by atoms with van der Waals surface area (Å²) in [6.07, 6.45) is 0.394. The Morgan fingerprint density at radius 3 is 2.80 bits per heavy atom. The first-order valence-corrected chi connectivity index (χ1v) is 6.61. The molecule has 0 bridgehead atoms. The average Bonchev–Trinajstić information content (AvgIpc) is 2.88. The fourth-order valence-corrected chi connectivity index (χ4v) is 2.63. The quantitative estimate of drug-likeness (QED) is 0.813.